The Kier molecular flexibility index (Phi) is 54.0. The van der Waals surface area contributed by atoms with Crippen LogP contribution < -0.4 is 0 Å². The molecule has 0 saturated heterocycles. The van der Waals surface area contributed by atoms with E-state index >= 15 is 0 Å². The monoisotopic (exact) mass is 636 g/mol. The summed E-state index contributed by atoms with van der Waals surface area (Å²) in [7, 11) is 0. The quantitative estimate of drug-likeness (QED) is 0.177. The number of hydrogen-bond donors (Lipinski definition) is 0. The molecule has 0 aromatic rings. The predicted octanol–water partition coefficient (Wildman–Crippen LogP) is 3.91. The zero-order chi connectivity index (χ0) is 25.6. The van der Waals surface area contributed by atoms with Gasteiger partial charge in [0, 0.05) is 0 Å². The topological polar surface area (TPSA) is 68.3 Å². The standard InChI is InChI=1S/4C5H8OS2.Ti/c4*1-2-5(6)8-4-3-7;/h4*2,7H,1,3-4H2;/q;;;;+4/p-4. The Morgan fingerprint density at radius 3 is 0.727 bits per heavy atom. The summed E-state index contributed by atoms with van der Waals surface area (Å²) in [6.07, 6.45) is 5.20. The first-order valence-corrected chi connectivity index (χ1v) is 15.0. The Bertz CT molecular complexity index is 464. The molecule has 0 aliphatic heterocycles. The van der Waals surface area contributed by atoms with Crippen molar-refractivity contribution in [2.45, 2.75) is 0 Å². The molecule has 13 heteroatoms. The minimum atomic E-state index is 0. The van der Waals surface area contributed by atoms with Crippen molar-refractivity contribution in [3.8, 4) is 0 Å². The summed E-state index contributed by atoms with van der Waals surface area (Å²) in [4.78, 5) is 41.5. The van der Waals surface area contributed by atoms with Gasteiger partial charge in [-0.2, -0.15) is 23.0 Å². The van der Waals surface area contributed by atoms with E-state index in [0.717, 1.165) is 23.0 Å². The molecule has 0 aromatic carbocycles. The molecule has 0 saturated carbocycles. The van der Waals surface area contributed by atoms with E-state index in [2.05, 4.69) is 76.8 Å². The minimum Gasteiger partial charge on any atom is -0.792 e. The minimum absolute atomic E-state index is 0. The second kappa shape index (κ2) is 40.3. The summed E-state index contributed by atoms with van der Waals surface area (Å²) in [5.41, 5.74) is 0. The van der Waals surface area contributed by atoms with Crippen LogP contribution in [0.3, 0.4) is 0 Å². The van der Waals surface area contributed by atoms with Crippen molar-refractivity contribution in [3.05, 3.63) is 50.6 Å². The van der Waals surface area contributed by atoms with Gasteiger partial charge < -0.3 is 50.5 Å². The van der Waals surface area contributed by atoms with E-state index in [9.17, 15) is 19.2 Å². The molecule has 0 fully saturated rings. The first-order chi connectivity index (χ1) is 15.2. The van der Waals surface area contributed by atoms with Crippen LogP contribution in [0, 0.1) is 0 Å². The van der Waals surface area contributed by atoms with Crippen LogP contribution in [-0.2, 0) is 91.4 Å². The van der Waals surface area contributed by atoms with Crippen LogP contribution in [0.2, 0.25) is 0 Å². The van der Waals surface area contributed by atoms with Gasteiger partial charge in [0.15, 0.2) is 0 Å². The number of hydrogen-bond acceptors (Lipinski definition) is 12. The van der Waals surface area contributed by atoms with Gasteiger partial charge in [-0.3, -0.25) is 19.2 Å². The second-order valence-electron chi connectivity index (χ2n) is 4.30. The van der Waals surface area contributed by atoms with E-state index in [1.165, 1.54) is 71.4 Å². The SMILES string of the molecule is C=CC(=O)SCC[S-].C=CC(=O)SCC[S-].C=CC(=O)SCC[S-].C=CC(=O)SCC[S-].[Ti+4]. The molecule has 0 radical (unpaired) electrons. The summed E-state index contributed by atoms with van der Waals surface area (Å²) in [5.74, 6) is 5.41. The molecule has 0 aliphatic rings. The molecular weight excluding hydrogens is 609 g/mol. The van der Waals surface area contributed by atoms with Crippen molar-refractivity contribution >= 4 is 118 Å². The molecule has 0 unspecified atom stereocenters. The Morgan fingerprint density at radius 2 is 0.636 bits per heavy atom. The van der Waals surface area contributed by atoms with Crippen LogP contribution in [0.25, 0.3) is 0 Å². The normalized spacial score (nSPS) is 8.36. The molecular formula is C20H28O4S8Ti. The molecule has 0 bridgehead atoms. The fourth-order valence-corrected chi connectivity index (χ4v) is 3.41. The maximum absolute atomic E-state index is 10.4. The number of carbonyl (C=O) groups excluding carboxylic acids is 4. The second-order valence-corrected chi connectivity index (χ2v) is 10.3. The Hall–Kier alpha value is 1.15. The van der Waals surface area contributed by atoms with Gasteiger partial charge in [-0.15, -0.1) is 0 Å². The molecule has 0 rings (SSSR count). The van der Waals surface area contributed by atoms with Crippen LogP contribution >= 0.6 is 47.0 Å². The molecule has 0 N–H and O–H groups in total. The maximum atomic E-state index is 10.4. The van der Waals surface area contributed by atoms with E-state index in [-0.39, 0.29) is 42.2 Å². The van der Waals surface area contributed by atoms with Crippen LogP contribution in [0.5, 0.6) is 0 Å². The van der Waals surface area contributed by atoms with Crippen molar-refractivity contribution in [1.82, 2.24) is 0 Å². The molecule has 0 atom stereocenters. The molecule has 0 amide bonds. The van der Waals surface area contributed by atoms with Crippen LogP contribution in [0.15, 0.2) is 50.6 Å². The zero-order valence-corrected chi connectivity index (χ0v) is 26.3. The van der Waals surface area contributed by atoms with E-state index in [1.54, 1.807) is 0 Å². The van der Waals surface area contributed by atoms with Crippen LogP contribution in [-0.4, -0.2) is 66.5 Å². The summed E-state index contributed by atoms with van der Waals surface area (Å²) in [6, 6.07) is 0. The number of rotatable bonds is 12. The average molecular weight is 637 g/mol. The summed E-state index contributed by atoms with van der Waals surface area (Å²) in [5, 5.41) is 0.0365. The third-order valence-electron chi connectivity index (χ3n) is 1.98. The predicted molar refractivity (Wildman–Crippen MR) is 160 cm³/mol. The largest absolute Gasteiger partial charge is 4.00 e. The Labute approximate surface area is 253 Å². The van der Waals surface area contributed by atoms with Gasteiger partial charge in [-0.25, -0.2) is 0 Å². The fourth-order valence-electron chi connectivity index (χ4n) is 0.805. The van der Waals surface area contributed by atoms with Crippen molar-refractivity contribution < 1.29 is 40.9 Å². The van der Waals surface area contributed by atoms with Gasteiger partial charge in [0.2, 0.25) is 20.5 Å². The van der Waals surface area contributed by atoms with Gasteiger partial charge in [-0.05, 0) is 47.3 Å². The molecule has 184 valence electrons. The fraction of sp³-hybridized carbons (Fsp3) is 0.400. The van der Waals surface area contributed by atoms with Gasteiger partial charge in [0.25, 0.3) is 0 Å². The van der Waals surface area contributed by atoms with E-state index in [4.69, 9.17) is 0 Å². The third-order valence-corrected chi connectivity index (χ3v) is 7.27. The van der Waals surface area contributed by atoms with Gasteiger partial charge in [-0.1, -0.05) is 73.4 Å². The summed E-state index contributed by atoms with van der Waals surface area (Å²) < 4.78 is 0. The first-order valence-electron chi connectivity index (χ1n) is 8.73. The Morgan fingerprint density at radius 1 is 0.485 bits per heavy atom. The van der Waals surface area contributed by atoms with Crippen molar-refractivity contribution in [2.24, 2.45) is 0 Å². The maximum Gasteiger partial charge on any atom is 4.00 e. The number of carbonyl (C=O) groups is 4. The molecule has 4 nitrogen and oxygen atoms in total. The number of thioether (sulfide) groups is 4. The molecule has 0 aromatic heterocycles. The molecule has 0 spiro atoms. The van der Waals surface area contributed by atoms with Crippen LogP contribution in [0.1, 0.15) is 0 Å². The zero-order valence-electron chi connectivity index (χ0n) is 18.2. The third kappa shape index (κ3) is 50.9. The molecule has 33 heavy (non-hydrogen) atoms. The summed E-state index contributed by atoms with van der Waals surface area (Å²) in [6.45, 7) is 13.2. The summed E-state index contributed by atoms with van der Waals surface area (Å²) >= 11 is 23.3. The van der Waals surface area contributed by atoms with E-state index in [0.29, 0.717) is 23.0 Å². The van der Waals surface area contributed by atoms with Crippen molar-refractivity contribution in [1.29, 1.82) is 0 Å². The average Bonchev–Trinajstić information content (AvgIpc) is 2.83. The van der Waals surface area contributed by atoms with Crippen molar-refractivity contribution in [2.75, 3.05) is 46.0 Å². The van der Waals surface area contributed by atoms with Gasteiger partial charge in [0.05, 0.1) is 0 Å². The van der Waals surface area contributed by atoms with Gasteiger partial charge in [0.1, 0.15) is 0 Å². The smallest absolute Gasteiger partial charge is 0.792 e. The van der Waals surface area contributed by atoms with Crippen molar-refractivity contribution in [3.63, 3.8) is 0 Å². The first kappa shape index (κ1) is 44.2. The van der Waals surface area contributed by atoms with Crippen LogP contribution in [0.4, 0.5) is 0 Å². The van der Waals surface area contributed by atoms with Gasteiger partial charge >= 0.3 is 21.7 Å². The van der Waals surface area contributed by atoms with E-state index < -0.39 is 0 Å². The molecule has 0 heterocycles. The Balaban J connectivity index is -0.000000105. The molecule has 0 aliphatic carbocycles. The van der Waals surface area contributed by atoms with E-state index in [1.807, 2.05) is 0 Å².